The lowest BCUT2D eigenvalue weighted by atomic mass is 10.0. The van der Waals surface area contributed by atoms with E-state index in [1.165, 1.54) is 0 Å². The Morgan fingerprint density at radius 2 is 1.82 bits per heavy atom. The number of anilines is 1. The molecule has 0 aliphatic rings. The summed E-state index contributed by atoms with van der Waals surface area (Å²) in [5.41, 5.74) is 3.28. The number of aromatic amines is 1. The molecule has 4 heteroatoms. The van der Waals surface area contributed by atoms with Crippen LogP contribution < -0.4 is 4.90 Å². The third kappa shape index (κ3) is 3.50. The zero-order chi connectivity index (χ0) is 19.7. The summed E-state index contributed by atoms with van der Waals surface area (Å²) in [6, 6.07) is 19.9. The molecule has 2 heterocycles. The van der Waals surface area contributed by atoms with Gasteiger partial charge in [-0.3, -0.25) is 4.79 Å². The summed E-state index contributed by atoms with van der Waals surface area (Å²) in [7, 11) is 0. The SMILES string of the molecule is CC(C)CC(C)N(C(=O)c1ccc2ccccc2n1)c1ccc2[nH]ccc2c1. The van der Waals surface area contributed by atoms with Gasteiger partial charge in [-0.2, -0.15) is 0 Å². The van der Waals surface area contributed by atoms with E-state index in [0.717, 1.165) is 33.9 Å². The highest BCUT2D eigenvalue weighted by Crippen LogP contribution is 2.27. The standard InChI is InChI=1S/C24H25N3O/c1-16(2)14-17(3)27(20-9-11-21-19(15-20)12-13-25-21)24(28)23-10-8-18-6-4-5-7-22(18)26-23/h4-13,15-17,25H,14H2,1-3H3. The average molecular weight is 371 g/mol. The van der Waals surface area contributed by atoms with Crippen LogP contribution in [0.1, 0.15) is 37.7 Å². The molecule has 0 radical (unpaired) electrons. The normalized spacial score (nSPS) is 12.6. The number of pyridine rings is 1. The number of hydrogen-bond acceptors (Lipinski definition) is 2. The summed E-state index contributed by atoms with van der Waals surface area (Å²) in [6.07, 6.45) is 2.84. The molecule has 1 unspecified atom stereocenters. The van der Waals surface area contributed by atoms with Crippen molar-refractivity contribution in [3.63, 3.8) is 0 Å². The molecule has 0 fully saturated rings. The molecule has 4 rings (SSSR count). The van der Waals surface area contributed by atoms with E-state index in [4.69, 9.17) is 0 Å². The molecule has 0 saturated carbocycles. The predicted molar refractivity (Wildman–Crippen MR) is 116 cm³/mol. The van der Waals surface area contributed by atoms with E-state index in [9.17, 15) is 4.79 Å². The van der Waals surface area contributed by atoms with Crippen LogP contribution in [-0.2, 0) is 0 Å². The summed E-state index contributed by atoms with van der Waals surface area (Å²) in [5, 5.41) is 2.13. The second-order valence-electron chi connectivity index (χ2n) is 7.79. The lowest BCUT2D eigenvalue weighted by Gasteiger charge is -2.30. The molecule has 1 N–H and O–H groups in total. The Kier molecular flexibility index (Phi) is 4.86. The van der Waals surface area contributed by atoms with Crippen molar-refractivity contribution >= 4 is 33.4 Å². The predicted octanol–water partition coefficient (Wildman–Crippen LogP) is 5.80. The van der Waals surface area contributed by atoms with Crippen LogP contribution in [0.25, 0.3) is 21.8 Å². The van der Waals surface area contributed by atoms with Crippen LogP contribution in [0.4, 0.5) is 5.69 Å². The second kappa shape index (κ2) is 7.47. The molecule has 1 atom stereocenters. The third-order valence-corrected chi connectivity index (χ3v) is 5.10. The number of nitrogens with zero attached hydrogens (tertiary/aromatic N) is 2. The topological polar surface area (TPSA) is 49.0 Å². The number of benzene rings is 2. The summed E-state index contributed by atoms with van der Waals surface area (Å²) >= 11 is 0. The first-order chi connectivity index (χ1) is 13.5. The van der Waals surface area contributed by atoms with Crippen LogP contribution in [0.5, 0.6) is 0 Å². The van der Waals surface area contributed by atoms with Crippen molar-refractivity contribution in [1.29, 1.82) is 0 Å². The second-order valence-corrected chi connectivity index (χ2v) is 7.79. The first-order valence-electron chi connectivity index (χ1n) is 9.79. The Bertz CT molecular complexity index is 1130. The first-order valence-corrected chi connectivity index (χ1v) is 9.79. The molecule has 0 aliphatic heterocycles. The van der Waals surface area contributed by atoms with Gasteiger partial charge in [-0.15, -0.1) is 0 Å². The van der Waals surface area contributed by atoms with E-state index in [2.05, 4.69) is 36.8 Å². The van der Waals surface area contributed by atoms with Crippen LogP contribution in [0.15, 0.2) is 66.9 Å². The number of carbonyl (C=O) groups excluding carboxylic acids is 1. The van der Waals surface area contributed by atoms with Gasteiger partial charge < -0.3 is 9.88 Å². The quantitative estimate of drug-likeness (QED) is 0.482. The van der Waals surface area contributed by atoms with Crippen molar-refractivity contribution in [3.05, 3.63) is 72.6 Å². The minimum absolute atomic E-state index is 0.0613. The Hall–Kier alpha value is -3.14. The smallest absolute Gasteiger partial charge is 0.277 e. The molecule has 0 saturated heterocycles. The highest BCUT2D eigenvalue weighted by molar-refractivity contribution is 6.07. The Morgan fingerprint density at radius 1 is 1.00 bits per heavy atom. The number of rotatable bonds is 5. The minimum Gasteiger partial charge on any atom is -0.361 e. The van der Waals surface area contributed by atoms with Crippen molar-refractivity contribution in [3.8, 4) is 0 Å². The van der Waals surface area contributed by atoms with Gasteiger partial charge in [0.05, 0.1) is 5.52 Å². The van der Waals surface area contributed by atoms with Crippen molar-refractivity contribution in [2.45, 2.75) is 33.2 Å². The fourth-order valence-corrected chi connectivity index (χ4v) is 3.86. The number of H-pyrrole nitrogens is 1. The van der Waals surface area contributed by atoms with Gasteiger partial charge in [0.2, 0.25) is 0 Å². The fourth-order valence-electron chi connectivity index (χ4n) is 3.86. The lowest BCUT2D eigenvalue weighted by Crippen LogP contribution is -2.40. The molecule has 4 nitrogen and oxygen atoms in total. The first kappa shape index (κ1) is 18.2. The third-order valence-electron chi connectivity index (χ3n) is 5.10. The zero-order valence-corrected chi connectivity index (χ0v) is 16.5. The maximum atomic E-state index is 13.5. The molecule has 4 aromatic rings. The monoisotopic (exact) mass is 371 g/mol. The van der Waals surface area contributed by atoms with Crippen molar-refractivity contribution in [1.82, 2.24) is 9.97 Å². The van der Waals surface area contributed by atoms with Gasteiger partial charge in [-0.25, -0.2) is 4.98 Å². The molecular formula is C24H25N3O. The van der Waals surface area contributed by atoms with Gasteiger partial charge in [-0.05, 0) is 55.7 Å². The maximum Gasteiger partial charge on any atom is 0.277 e. The molecule has 2 aromatic heterocycles. The van der Waals surface area contributed by atoms with Crippen molar-refractivity contribution < 1.29 is 4.79 Å². The Labute approximate surface area is 165 Å². The molecule has 2 aromatic carbocycles. The fraction of sp³-hybridized carbons (Fsp3) is 0.250. The van der Waals surface area contributed by atoms with Gasteiger partial charge in [0.1, 0.15) is 5.69 Å². The van der Waals surface area contributed by atoms with Gasteiger partial charge >= 0.3 is 0 Å². The number of amides is 1. The largest absolute Gasteiger partial charge is 0.361 e. The van der Waals surface area contributed by atoms with E-state index >= 15 is 0 Å². The van der Waals surface area contributed by atoms with E-state index < -0.39 is 0 Å². The minimum atomic E-state index is -0.0613. The van der Waals surface area contributed by atoms with Crippen LogP contribution in [-0.4, -0.2) is 21.9 Å². The molecule has 1 amide bonds. The lowest BCUT2D eigenvalue weighted by molar-refractivity contribution is 0.0971. The summed E-state index contributed by atoms with van der Waals surface area (Å²) in [5.74, 6) is 0.430. The average Bonchev–Trinajstić information content (AvgIpc) is 3.15. The van der Waals surface area contributed by atoms with E-state index in [1.807, 2.05) is 65.7 Å². The summed E-state index contributed by atoms with van der Waals surface area (Å²) < 4.78 is 0. The number of nitrogens with one attached hydrogen (secondary N) is 1. The maximum absolute atomic E-state index is 13.5. The number of fused-ring (bicyclic) bond motifs is 2. The Balaban J connectivity index is 1.77. The molecular weight excluding hydrogens is 346 g/mol. The molecule has 28 heavy (non-hydrogen) atoms. The zero-order valence-electron chi connectivity index (χ0n) is 16.5. The van der Waals surface area contributed by atoms with Crippen LogP contribution >= 0.6 is 0 Å². The van der Waals surface area contributed by atoms with Crippen molar-refractivity contribution in [2.24, 2.45) is 5.92 Å². The van der Waals surface area contributed by atoms with Gasteiger partial charge in [-0.1, -0.05) is 38.1 Å². The van der Waals surface area contributed by atoms with E-state index in [0.29, 0.717) is 11.6 Å². The summed E-state index contributed by atoms with van der Waals surface area (Å²) in [4.78, 5) is 23.3. The molecule has 0 bridgehead atoms. The summed E-state index contributed by atoms with van der Waals surface area (Å²) in [6.45, 7) is 6.48. The Morgan fingerprint density at radius 3 is 2.64 bits per heavy atom. The van der Waals surface area contributed by atoms with Gasteiger partial charge in [0, 0.05) is 34.2 Å². The van der Waals surface area contributed by atoms with Crippen molar-refractivity contribution in [2.75, 3.05) is 4.90 Å². The molecule has 142 valence electrons. The highest BCUT2D eigenvalue weighted by atomic mass is 16.2. The van der Waals surface area contributed by atoms with Gasteiger partial charge in [0.25, 0.3) is 5.91 Å². The van der Waals surface area contributed by atoms with E-state index in [-0.39, 0.29) is 11.9 Å². The molecule has 0 spiro atoms. The van der Waals surface area contributed by atoms with Gasteiger partial charge in [0.15, 0.2) is 0 Å². The van der Waals surface area contributed by atoms with E-state index in [1.54, 1.807) is 0 Å². The highest BCUT2D eigenvalue weighted by Gasteiger charge is 2.25. The van der Waals surface area contributed by atoms with Crippen LogP contribution in [0.3, 0.4) is 0 Å². The number of hydrogen-bond donors (Lipinski definition) is 1. The number of para-hydroxylation sites is 1. The van der Waals surface area contributed by atoms with Crippen LogP contribution in [0.2, 0.25) is 0 Å². The number of carbonyl (C=O) groups is 1. The number of aromatic nitrogens is 2. The molecule has 0 aliphatic carbocycles. The van der Waals surface area contributed by atoms with Crippen LogP contribution in [0, 0.1) is 5.92 Å².